The molecule has 0 aliphatic carbocycles. The highest BCUT2D eigenvalue weighted by molar-refractivity contribution is 7.09. The molecular weight excluding hydrogens is 286 g/mol. The van der Waals surface area contributed by atoms with Gasteiger partial charge in [-0.3, -0.25) is 0 Å². The van der Waals surface area contributed by atoms with Crippen LogP contribution < -0.4 is 15.4 Å². The fourth-order valence-electron chi connectivity index (χ4n) is 1.84. The zero-order valence-corrected chi connectivity index (χ0v) is 13.2. The number of aryl methyl sites for hydroxylation is 1. The Hall–Kier alpha value is -2.08. The van der Waals surface area contributed by atoms with Crippen LogP contribution in [-0.2, 0) is 0 Å². The lowest BCUT2D eigenvalue weighted by molar-refractivity contribution is 0.251. The summed E-state index contributed by atoms with van der Waals surface area (Å²) < 4.78 is 5.16. The average molecular weight is 305 g/mol. The lowest BCUT2D eigenvalue weighted by Crippen LogP contribution is -2.32. The second kappa shape index (κ2) is 7.08. The summed E-state index contributed by atoms with van der Waals surface area (Å²) in [6.07, 6.45) is 1.77. The van der Waals surface area contributed by atoms with Gasteiger partial charge < -0.3 is 15.4 Å². The molecule has 1 aromatic heterocycles. The Kier molecular flexibility index (Phi) is 5.16. The van der Waals surface area contributed by atoms with Crippen molar-refractivity contribution in [2.45, 2.75) is 19.8 Å². The molecule has 0 fully saturated rings. The molecule has 0 bridgehead atoms. The van der Waals surface area contributed by atoms with E-state index in [2.05, 4.69) is 15.6 Å². The van der Waals surface area contributed by atoms with E-state index in [1.807, 2.05) is 31.4 Å². The molecule has 2 rings (SSSR count). The first-order valence-corrected chi connectivity index (χ1v) is 7.57. The summed E-state index contributed by atoms with van der Waals surface area (Å²) in [6.45, 7) is 4.52. The van der Waals surface area contributed by atoms with Crippen molar-refractivity contribution >= 4 is 23.1 Å². The van der Waals surface area contributed by atoms with Crippen molar-refractivity contribution in [3.8, 4) is 5.75 Å². The largest absolute Gasteiger partial charge is 0.497 e. The van der Waals surface area contributed by atoms with Gasteiger partial charge in [0.2, 0.25) is 0 Å². The van der Waals surface area contributed by atoms with E-state index in [9.17, 15) is 4.79 Å². The van der Waals surface area contributed by atoms with E-state index >= 15 is 0 Å². The summed E-state index contributed by atoms with van der Waals surface area (Å²) in [5.74, 6) is 0.911. The molecule has 0 saturated carbocycles. The maximum Gasteiger partial charge on any atom is 0.319 e. The molecule has 1 atom stereocenters. The number of nitrogens with one attached hydrogen (secondary N) is 2. The number of ether oxygens (including phenoxy) is 1. The maximum atomic E-state index is 12.0. The average Bonchev–Trinajstić information content (AvgIpc) is 3.01. The van der Waals surface area contributed by atoms with Gasteiger partial charge >= 0.3 is 6.03 Å². The molecule has 1 unspecified atom stereocenters. The van der Waals surface area contributed by atoms with E-state index in [4.69, 9.17) is 4.74 Å². The van der Waals surface area contributed by atoms with Crippen LogP contribution in [0.4, 0.5) is 10.5 Å². The van der Waals surface area contributed by atoms with Crippen molar-refractivity contribution < 1.29 is 9.53 Å². The van der Waals surface area contributed by atoms with E-state index < -0.39 is 0 Å². The lowest BCUT2D eigenvalue weighted by Gasteiger charge is -2.13. The fraction of sp³-hybridized carbons (Fsp3) is 0.333. The number of hydrogen-bond donors (Lipinski definition) is 2. The number of benzene rings is 1. The molecule has 6 heteroatoms. The molecule has 0 aliphatic heterocycles. The summed E-state index contributed by atoms with van der Waals surface area (Å²) in [6, 6.07) is 5.35. The lowest BCUT2D eigenvalue weighted by atomic mass is 10.2. The Balaban J connectivity index is 1.90. The minimum Gasteiger partial charge on any atom is -0.497 e. The van der Waals surface area contributed by atoms with Gasteiger partial charge in [0.15, 0.2) is 0 Å². The Morgan fingerprint density at radius 1 is 1.48 bits per heavy atom. The van der Waals surface area contributed by atoms with Crippen molar-refractivity contribution in [1.82, 2.24) is 10.3 Å². The molecule has 0 saturated heterocycles. The molecule has 2 amide bonds. The zero-order chi connectivity index (χ0) is 15.2. The number of anilines is 1. The topological polar surface area (TPSA) is 63.2 Å². The van der Waals surface area contributed by atoms with E-state index in [1.165, 1.54) is 0 Å². The van der Waals surface area contributed by atoms with Gasteiger partial charge in [-0.25, -0.2) is 9.78 Å². The van der Waals surface area contributed by atoms with Crippen molar-refractivity contribution in [3.05, 3.63) is 40.3 Å². The van der Waals surface area contributed by atoms with E-state index in [0.29, 0.717) is 12.3 Å². The van der Waals surface area contributed by atoms with Gasteiger partial charge in [-0.15, -0.1) is 11.3 Å². The van der Waals surface area contributed by atoms with Gasteiger partial charge in [0.05, 0.1) is 12.1 Å². The smallest absolute Gasteiger partial charge is 0.319 e. The number of hydrogen-bond acceptors (Lipinski definition) is 4. The second-order valence-electron chi connectivity index (χ2n) is 4.79. The summed E-state index contributed by atoms with van der Waals surface area (Å²) in [4.78, 5) is 16.2. The van der Waals surface area contributed by atoms with Crippen LogP contribution in [0.2, 0.25) is 0 Å². The number of carbonyl (C=O) groups excluding carboxylic acids is 1. The van der Waals surface area contributed by atoms with E-state index in [-0.39, 0.29) is 11.9 Å². The first kappa shape index (κ1) is 15.3. The molecule has 2 aromatic rings. The molecule has 0 spiro atoms. The third-order valence-corrected chi connectivity index (χ3v) is 4.14. The molecule has 1 heterocycles. The third kappa shape index (κ3) is 4.19. The van der Waals surface area contributed by atoms with Crippen molar-refractivity contribution in [2.75, 3.05) is 19.0 Å². The number of nitrogens with zero attached hydrogens (tertiary/aromatic N) is 1. The molecule has 5 nitrogen and oxygen atoms in total. The summed E-state index contributed by atoms with van der Waals surface area (Å²) >= 11 is 1.59. The highest BCUT2D eigenvalue weighted by Crippen LogP contribution is 2.21. The van der Waals surface area contributed by atoms with Crippen LogP contribution in [0.15, 0.2) is 29.8 Å². The molecule has 112 valence electrons. The third-order valence-electron chi connectivity index (χ3n) is 3.13. The quantitative estimate of drug-likeness (QED) is 0.890. The van der Waals surface area contributed by atoms with Crippen LogP contribution in [0.25, 0.3) is 0 Å². The first-order chi connectivity index (χ1) is 10.1. The van der Waals surface area contributed by atoms with Gasteiger partial charge in [0.25, 0.3) is 0 Å². The van der Waals surface area contributed by atoms with E-state index in [0.717, 1.165) is 16.3 Å². The monoisotopic (exact) mass is 305 g/mol. The number of urea groups is 1. The highest BCUT2D eigenvalue weighted by atomic mass is 32.1. The van der Waals surface area contributed by atoms with E-state index in [1.54, 1.807) is 30.7 Å². The predicted molar refractivity (Wildman–Crippen MR) is 85.3 cm³/mol. The molecule has 2 N–H and O–H groups in total. The van der Waals surface area contributed by atoms with Crippen LogP contribution in [0.1, 0.15) is 23.4 Å². The van der Waals surface area contributed by atoms with Gasteiger partial charge in [0, 0.05) is 35.8 Å². The van der Waals surface area contributed by atoms with Gasteiger partial charge in [-0.2, -0.15) is 0 Å². The van der Waals surface area contributed by atoms with Crippen LogP contribution in [0.3, 0.4) is 0 Å². The molecule has 0 radical (unpaired) electrons. The standard InChI is InChI=1S/C15H19N3O2S/c1-10-4-5-12(20-3)8-13(10)18-15(19)17-9-11(2)14-16-6-7-21-14/h4-8,11H,9H2,1-3H3,(H2,17,18,19). The van der Waals surface area contributed by atoms with Gasteiger partial charge in [-0.05, 0) is 18.6 Å². The Labute approximate surface area is 128 Å². The molecular formula is C15H19N3O2S. The molecule has 1 aromatic carbocycles. The summed E-state index contributed by atoms with van der Waals surface area (Å²) in [7, 11) is 1.60. The maximum absolute atomic E-state index is 12.0. The normalized spacial score (nSPS) is 11.8. The number of carbonyl (C=O) groups is 1. The molecule has 0 aliphatic rings. The SMILES string of the molecule is COc1ccc(C)c(NC(=O)NCC(C)c2nccs2)c1. The van der Waals surface area contributed by atoms with Crippen LogP contribution >= 0.6 is 11.3 Å². The Morgan fingerprint density at radius 3 is 2.95 bits per heavy atom. The number of aromatic nitrogens is 1. The molecule has 21 heavy (non-hydrogen) atoms. The first-order valence-electron chi connectivity index (χ1n) is 6.69. The second-order valence-corrected chi connectivity index (χ2v) is 5.71. The Bertz CT molecular complexity index is 599. The van der Waals surface area contributed by atoms with Gasteiger partial charge in [0.1, 0.15) is 5.75 Å². The number of amides is 2. The highest BCUT2D eigenvalue weighted by Gasteiger charge is 2.11. The van der Waals surface area contributed by atoms with Crippen LogP contribution in [0, 0.1) is 6.92 Å². The van der Waals surface area contributed by atoms with Crippen LogP contribution in [0.5, 0.6) is 5.75 Å². The number of rotatable bonds is 5. The Morgan fingerprint density at radius 2 is 2.29 bits per heavy atom. The number of methoxy groups -OCH3 is 1. The predicted octanol–water partition coefficient (Wildman–Crippen LogP) is 3.39. The van der Waals surface area contributed by atoms with Crippen LogP contribution in [-0.4, -0.2) is 24.7 Å². The van der Waals surface area contributed by atoms with Crippen molar-refractivity contribution in [2.24, 2.45) is 0 Å². The summed E-state index contributed by atoms with van der Waals surface area (Å²) in [5, 5.41) is 8.66. The van der Waals surface area contributed by atoms with Crippen molar-refractivity contribution in [1.29, 1.82) is 0 Å². The zero-order valence-electron chi connectivity index (χ0n) is 12.3. The minimum atomic E-state index is -0.227. The van der Waals surface area contributed by atoms with Gasteiger partial charge in [-0.1, -0.05) is 13.0 Å². The fourth-order valence-corrected chi connectivity index (χ4v) is 2.54. The van der Waals surface area contributed by atoms with Crippen molar-refractivity contribution in [3.63, 3.8) is 0 Å². The summed E-state index contributed by atoms with van der Waals surface area (Å²) in [5.41, 5.74) is 1.73. The number of thiazole rings is 1. The minimum absolute atomic E-state index is 0.196.